The second kappa shape index (κ2) is 7.73. The lowest BCUT2D eigenvalue weighted by Crippen LogP contribution is -2.43. The molecule has 136 valence electrons. The third-order valence-corrected chi connectivity index (χ3v) is 5.08. The Morgan fingerprint density at radius 1 is 1.12 bits per heavy atom. The Labute approximate surface area is 154 Å². The summed E-state index contributed by atoms with van der Waals surface area (Å²) in [6, 6.07) is 16.7. The van der Waals surface area contributed by atoms with Crippen LogP contribution in [0.2, 0.25) is 0 Å². The van der Waals surface area contributed by atoms with Crippen molar-refractivity contribution in [1.29, 1.82) is 0 Å². The van der Waals surface area contributed by atoms with Crippen LogP contribution in [-0.2, 0) is 9.59 Å². The standard InChI is InChI=1S/C22H25NO3/c1-15-11-12-20-19(13-15)18(17-7-4-3-5-8-17)14-16(2)23(20)21(24)9-6-10-22(25)26/h3-5,7-8,11-13,16,18H,6,9-10,14H2,1-2H3,(H,25,26)/p-1/t16-,18+/m1/s1. The number of aryl methyl sites for hydroxylation is 1. The summed E-state index contributed by atoms with van der Waals surface area (Å²) in [4.78, 5) is 25.3. The molecule has 1 aliphatic heterocycles. The zero-order chi connectivity index (χ0) is 18.7. The predicted molar refractivity (Wildman–Crippen MR) is 99.9 cm³/mol. The molecule has 0 aliphatic carbocycles. The van der Waals surface area contributed by atoms with E-state index in [-0.39, 0.29) is 30.7 Å². The van der Waals surface area contributed by atoms with E-state index in [0.29, 0.717) is 6.42 Å². The molecule has 1 amide bonds. The maximum Gasteiger partial charge on any atom is 0.227 e. The van der Waals surface area contributed by atoms with Gasteiger partial charge in [-0.15, -0.1) is 0 Å². The molecule has 26 heavy (non-hydrogen) atoms. The van der Waals surface area contributed by atoms with Crippen molar-refractivity contribution in [1.82, 2.24) is 0 Å². The summed E-state index contributed by atoms with van der Waals surface area (Å²) >= 11 is 0. The molecule has 0 saturated heterocycles. The van der Waals surface area contributed by atoms with Crippen LogP contribution in [-0.4, -0.2) is 17.9 Å². The first kappa shape index (κ1) is 18.2. The van der Waals surface area contributed by atoms with Gasteiger partial charge in [-0.2, -0.15) is 0 Å². The van der Waals surface area contributed by atoms with Crippen LogP contribution in [0.15, 0.2) is 48.5 Å². The highest BCUT2D eigenvalue weighted by Crippen LogP contribution is 2.42. The Morgan fingerprint density at radius 3 is 2.54 bits per heavy atom. The number of nitrogens with zero attached hydrogens (tertiary/aromatic N) is 1. The van der Waals surface area contributed by atoms with E-state index in [9.17, 15) is 14.7 Å². The van der Waals surface area contributed by atoms with E-state index in [1.54, 1.807) is 0 Å². The molecule has 0 saturated carbocycles. The van der Waals surface area contributed by atoms with Crippen molar-refractivity contribution < 1.29 is 14.7 Å². The average Bonchev–Trinajstić information content (AvgIpc) is 2.61. The van der Waals surface area contributed by atoms with Crippen molar-refractivity contribution >= 4 is 17.6 Å². The Balaban J connectivity index is 1.93. The van der Waals surface area contributed by atoms with E-state index in [0.717, 1.165) is 12.1 Å². The second-order valence-electron chi connectivity index (χ2n) is 7.10. The minimum atomic E-state index is -1.11. The fraction of sp³-hybridized carbons (Fsp3) is 0.364. The van der Waals surface area contributed by atoms with Gasteiger partial charge in [-0.05, 0) is 50.3 Å². The molecule has 2 aromatic rings. The van der Waals surface area contributed by atoms with Crippen molar-refractivity contribution in [3.63, 3.8) is 0 Å². The number of hydrogen-bond acceptors (Lipinski definition) is 3. The molecule has 0 N–H and O–H groups in total. The van der Waals surface area contributed by atoms with Crippen molar-refractivity contribution in [2.45, 2.75) is 51.5 Å². The minimum Gasteiger partial charge on any atom is -0.550 e. The first-order valence-electron chi connectivity index (χ1n) is 9.14. The maximum absolute atomic E-state index is 12.8. The van der Waals surface area contributed by atoms with Crippen molar-refractivity contribution in [3.05, 3.63) is 65.2 Å². The Bertz CT molecular complexity index is 800. The number of aliphatic carboxylic acids is 1. The lowest BCUT2D eigenvalue weighted by atomic mass is 9.80. The van der Waals surface area contributed by atoms with Gasteiger partial charge in [0.15, 0.2) is 0 Å². The van der Waals surface area contributed by atoms with Crippen LogP contribution in [0.4, 0.5) is 5.69 Å². The van der Waals surface area contributed by atoms with E-state index in [1.165, 1.54) is 16.7 Å². The molecule has 2 atom stereocenters. The number of rotatable bonds is 5. The normalized spacial score (nSPS) is 19.1. The molecule has 1 aliphatic rings. The fourth-order valence-corrected chi connectivity index (χ4v) is 3.87. The third-order valence-electron chi connectivity index (χ3n) is 5.08. The Kier molecular flexibility index (Phi) is 5.40. The van der Waals surface area contributed by atoms with Crippen molar-refractivity contribution in [2.75, 3.05) is 4.90 Å². The molecule has 0 aromatic heterocycles. The molecule has 0 bridgehead atoms. The quantitative estimate of drug-likeness (QED) is 0.832. The molecular formula is C22H24NO3-. The second-order valence-corrected chi connectivity index (χ2v) is 7.10. The van der Waals surface area contributed by atoms with Crippen LogP contribution >= 0.6 is 0 Å². The topological polar surface area (TPSA) is 60.4 Å². The molecule has 1 heterocycles. The van der Waals surface area contributed by atoms with Gasteiger partial charge >= 0.3 is 0 Å². The van der Waals surface area contributed by atoms with E-state index in [1.807, 2.05) is 35.2 Å². The molecular weight excluding hydrogens is 326 g/mol. The number of carbonyl (C=O) groups excluding carboxylic acids is 2. The highest BCUT2D eigenvalue weighted by molar-refractivity contribution is 5.95. The number of carboxylic acids is 1. The predicted octanol–water partition coefficient (Wildman–Crippen LogP) is 3.17. The van der Waals surface area contributed by atoms with Crippen LogP contribution in [0.25, 0.3) is 0 Å². The first-order valence-corrected chi connectivity index (χ1v) is 9.14. The lowest BCUT2D eigenvalue weighted by Gasteiger charge is -2.40. The number of amides is 1. The van der Waals surface area contributed by atoms with Gasteiger partial charge in [-0.25, -0.2) is 0 Å². The number of hydrogen-bond donors (Lipinski definition) is 0. The van der Waals surface area contributed by atoms with Crippen molar-refractivity contribution in [2.24, 2.45) is 0 Å². The van der Waals surface area contributed by atoms with Gasteiger partial charge in [-0.3, -0.25) is 4.79 Å². The SMILES string of the molecule is Cc1ccc2c(c1)[C@H](c1ccccc1)C[C@@H](C)N2C(=O)CCCC(=O)[O-]. The Morgan fingerprint density at radius 2 is 1.85 bits per heavy atom. The molecule has 4 nitrogen and oxygen atoms in total. The Hall–Kier alpha value is -2.62. The third kappa shape index (κ3) is 3.79. The zero-order valence-electron chi connectivity index (χ0n) is 15.3. The number of carboxylic acid groups (broad SMARTS) is 1. The van der Waals surface area contributed by atoms with Gasteiger partial charge in [-0.1, -0.05) is 48.0 Å². The summed E-state index contributed by atoms with van der Waals surface area (Å²) in [5.74, 6) is -0.867. The molecule has 0 unspecified atom stereocenters. The van der Waals surface area contributed by atoms with Gasteiger partial charge in [0.05, 0.1) is 0 Å². The summed E-state index contributed by atoms with van der Waals surface area (Å²) in [7, 11) is 0. The van der Waals surface area contributed by atoms with Crippen LogP contribution in [0.5, 0.6) is 0 Å². The number of carbonyl (C=O) groups is 2. The summed E-state index contributed by atoms with van der Waals surface area (Å²) < 4.78 is 0. The van der Waals surface area contributed by atoms with Gasteiger partial charge in [0, 0.05) is 30.0 Å². The fourth-order valence-electron chi connectivity index (χ4n) is 3.87. The summed E-state index contributed by atoms with van der Waals surface area (Å²) in [6.07, 6.45) is 1.31. The molecule has 2 aromatic carbocycles. The number of fused-ring (bicyclic) bond motifs is 1. The lowest BCUT2D eigenvalue weighted by molar-refractivity contribution is -0.305. The highest BCUT2D eigenvalue weighted by atomic mass is 16.4. The number of benzene rings is 2. The van der Waals surface area contributed by atoms with E-state index < -0.39 is 5.97 Å². The largest absolute Gasteiger partial charge is 0.550 e. The minimum absolute atomic E-state index is 0.0182. The first-order chi connectivity index (χ1) is 12.5. The average molecular weight is 350 g/mol. The number of anilines is 1. The van der Waals surface area contributed by atoms with E-state index >= 15 is 0 Å². The van der Waals surface area contributed by atoms with Crippen LogP contribution in [0, 0.1) is 6.92 Å². The van der Waals surface area contributed by atoms with Gasteiger partial charge < -0.3 is 14.8 Å². The van der Waals surface area contributed by atoms with Crippen molar-refractivity contribution in [3.8, 4) is 0 Å². The molecule has 0 radical (unpaired) electrons. The molecule has 4 heteroatoms. The summed E-state index contributed by atoms with van der Waals surface area (Å²) in [5.41, 5.74) is 4.54. The van der Waals surface area contributed by atoms with E-state index in [4.69, 9.17) is 0 Å². The van der Waals surface area contributed by atoms with Crippen LogP contribution in [0.3, 0.4) is 0 Å². The molecule has 3 rings (SSSR count). The smallest absolute Gasteiger partial charge is 0.227 e. The monoisotopic (exact) mass is 350 g/mol. The summed E-state index contributed by atoms with van der Waals surface area (Å²) in [5, 5.41) is 10.6. The highest BCUT2D eigenvalue weighted by Gasteiger charge is 2.34. The van der Waals surface area contributed by atoms with E-state index in [2.05, 4.69) is 32.0 Å². The summed E-state index contributed by atoms with van der Waals surface area (Å²) in [6.45, 7) is 4.13. The molecule has 0 fully saturated rings. The van der Waals surface area contributed by atoms with Gasteiger partial charge in [0.2, 0.25) is 5.91 Å². The van der Waals surface area contributed by atoms with Gasteiger partial charge in [0.25, 0.3) is 0 Å². The van der Waals surface area contributed by atoms with Gasteiger partial charge in [0.1, 0.15) is 0 Å². The van der Waals surface area contributed by atoms with Crippen LogP contribution in [0.1, 0.15) is 55.2 Å². The maximum atomic E-state index is 12.8. The molecule has 0 spiro atoms. The zero-order valence-corrected chi connectivity index (χ0v) is 15.3. The van der Waals surface area contributed by atoms with Crippen LogP contribution < -0.4 is 10.0 Å².